The van der Waals surface area contributed by atoms with E-state index in [9.17, 15) is 5.11 Å². The zero-order valence-electron chi connectivity index (χ0n) is 12.2. The lowest BCUT2D eigenvalue weighted by Gasteiger charge is -2.41. The van der Waals surface area contributed by atoms with Crippen LogP contribution in [-0.2, 0) is 5.60 Å². The van der Waals surface area contributed by atoms with Gasteiger partial charge in [-0.25, -0.2) is 0 Å². The van der Waals surface area contributed by atoms with Crippen LogP contribution in [0.15, 0.2) is 24.3 Å². The van der Waals surface area contributed by atoms with Crippen molar-refractivity contribution in [1.82, 2.24) is 4.90 Å². The summed E-state index contributed by atoms with van der Waals surface area (Å²) in [5.74, 6) is 0.755. The van der Waals surface area contributed by atoms with E-state index in [4.69, 9.17) is 0 Å². The summed E-state index contributed by atoms with van der Waals surface area (Å²) in [6, 6.07) is 9.46. The standard InChI is InChI=1S/C18H25NO/c20-18(9-11-19-10-3-8-17(19)13-18)16-7-2-6-15(12-16)14-4-1-5-14/h2,6-7,12,14,17,20H,1,3-5,8-11,13H2. The third-order valence-corrected chi connectivity index (χ3v) is 5.89. The molecule has 1 saturated carbocycles. The lowest BCUT2D eigenvalue weighted by Crippen LogP contribution is -2.46. The summed E-state index contributed by atoms with van der Waals surface area (Å²) in [5, 5.41) is 11.2. The number of piperidine rings is 1. The van der Waals surface area contributed by atoms with Crippen molar-refractivity contribution in [2.75, 3.05) is 13.1 Å². The van der Waals surface area contributed by atoms with Crippen LogP contribution < -0.4 is 0 Å². The number of benzene rings is 1. The number of fused-ring (bicyclic) bond motifs is 1. The fourth-order valence-electron chi connectivity index (χ4n) is 4.33. The molecule has 2 aliphatic heterocycles. The van der Waals surface area contributed by atoms with Crippen molar-refractivity contribution in [2.45, 2.75) is 62.5 Å². The molecule has 3 aliphatic rings. The van der Waals surface area contributed by atoms with E-state index < -0.39 is 5.60 Å². The second-order valence-electron chi connectivity index (χ2n) is 7.07. The molecule has 2 atom stereocenters. The topological polar surface area (TPSA) is 23.5 Å². The molecule has 1 aromatic carbocycles. The molecule has 2 heterocycles. The zero-order chi connectivity index (χ0) is 13.6. The first-order valence-corrected chi connectivity index (χ1v) is 8.31. The summed E-state index contributed by atoms with van der Waals surface area (Å²) < 4.78 is 0. The highest BCUT2D eigenvalue weighted by Crippen LogP contribution is 2.42. The molecule has 1 aromatic rings. The Balaban J connectivity index is 1.59. The minimum atomic E-state index is -0.578. The summed E-state index contributed by atoms with van der Waals surface area (Å²) in [6.07, 6.45) is 8.44. The van der Waals surface area contributed by atoms with Gasteiger partial charge in [0.1, 0.15) is 0 Å². The molecule has 2 saturated heterocycles. The fourth-order valence-corrected chi connectivity index (χ4v) is 4.33. The van der Waals surface area contributed by atoms with Crippen LogP contribution in [0.2, 0.25) is 0 Å². The highest BCUT2D eigenvalue weighted by atomic mass is 16.3. The number of hydrogen-bond acceptors (Lipinski definition) is 2. The normalized spacial score (nSPS) is 34.8. The largest absolute Gasteiger partial charge is 0.385 e. The Morgan fingerprint density at radius 2 is 2.00 bits per heavy atom. The smallest absolute Gasteiger partial charge is 0.0923 e. The van der Waals surface area contributed by atoms with Gasteiger partial charge in [-0.05, 0) is 62.1 Å². The molecule has 0 aromatic heterocycles. The summed E-state index contributed by atoms with van der Waals surface area (Å²) in [7, 11) is 0. The molecule has 20 heavy (non-hydrogen) atoms. The Morgan fingerprint density at radius 1 is 1.10 bits per heavy atom. The number of hydrogen-bond donors (Lipinski definition) is 1. The molecule has 3 fully saturated rings. The van der Waals surface area contributed by atoms with E-state index in [2.05, 4.69) is 29.2 Å². The van der Waals surface area contributed by atoms with Gasteiger partial charge in [-0.15, -0.1) is 0 Å². The van der Waals surface area contributed by atoms with Crippen molar-refractivity contribution < 1.29 is 5.11 Å². The molecular formula is C18H25NO. The van der Waals surface area contributed by atoms with Gasteiger partial charge in [-0.2, -0.15) is 0 Å². The third kappa shape index (κ3) is 2.10. The maximum atomic E-state index is 11.2. The van der Waals surface area contributed by atoms with E-state index in [1.165, 1.54) is 49.8 Å². The van der Waals surface area contributed by atoms with Gasteiger partial charge >= 0.3 is 0 Å². The van der Waals surface area contributed by atoms with Gasteiger partial charge in [0.25, 0.3) is 0 Å². The van der Waals surface area contributed by atoms with Crippen molar-refractivity contribution in [3.8, 4) is 0 Å². The quantitative estimate of drug-likeness (QED) is 0.891. The van der Waals surface area contributed by atoms with Gasteiger partial charge in [-0.3, -0.25) is 0 Å². The van der Waals surface area contributed by atoms with Crippen LogP contribution in [0.4, 0.5) is 0 Å². The minimum absolute atomic E-state index is 0.578. The molecule has 0 spiro atoms. The maximum absolute atomic E-state index is 11.2. The molecule has 4 rings (SSSR count). The highest BCUT2D eigenvalue weighted by Gasteiger charge is 2.41. The van der Waals surface area contributed by atoms with Crippen molar-refractivity contribution in [3.63, 3.8) is 0 Å². The summed E-state index contributed by atoms with van der Waals surface area (Å²) in [6.45, 7) is 2.30. The second-order valence-corrected chi connectivity index (χ2v) is 7.07. The van der Waals surface area contributed by atoms with Gasteiger partial charge in [0.15, 0.2) is 0 Å². The van der Waals surface area contributed by atoms with E-state index in [1.54, 1.807) is 0 Å². The van der Waals surface area contributed by atoms with Crippen LogP contribution >= 0.6 is 0 Å². The molecule has 0 radical (unpaired) electrons. The average Bonchev–Trinajstić information content (AvgIpc) is 2.84. The van der Waals surface area contributed by atoms with Crippen molar-refractivity contribution in [3.05, 3.63) is 35.4 Å². The Morgan fingerprint density at radius 3 is 2.80 bits per heavy atom. The number of nitrogens with zero attached hydrogens (tertiary/aromatic N) is 1. The summed E-state index contributed by atoms with van der Waals surface area (Å²) in [4.78, 5) is 2.57. The molecule has 0 amide bonds. The van der Waals surface area contributed by atoms with E-state index in [-0.39, 0.29) is 0 Å². The monoisotopic (exact) mass is 271 g/mol. The summed E-state index contributed by atoms with van der Waals surface area (Å²) in [5.41, 5.74) is 2.05. The van der Waals surface area contributed by atoms with Crippen LogP contribution in [0, 0.1) is 0 Å². The predicted octanol–water partition coefficient (Wildman–Crippen LogP) is 3.40. The van der Waals surface area contributed by atoms with E-state index >= 15 is 0 Å². The third-order valence-electron chi connectivity index (χ3n) is 5.89. The van der Waals surface area contributed by atoms with Gasteiger partial charge in [0.05, 0.1) is 5.60 Å². The van der Waals surface area contributed by atoms with Crippen LogP contribution in [0.3, 0.4) is 0 Å². The Labute approximate surface area is 121 Å². The maximum Gasteiger partial charge on any atom is 0.0923 e. The molecule has 2 unspecified atom stereocenters. The molecule has 2 heteroatoms. The van der Waals surface area contributed by atoms with Gasteiger partial charge in [0, 0.05) is 12.6 Å². The summed E-state index contributed by atoms with van der Waals surface area (Å²) >= 11 is 0. The number of aliphatic hydroxyl groups is 1. The molecule has 1 N–H and O–H groups in total. The number of rotatable bonds is 2. The SMILES string of the molecule is OC1(c2cccc(C3CCC3)c2)CCN2CCCC2C1. The van der Waals surface area contributed by atoms with Gasteiger partial charge in [-0.1, -0.05) is 30.7 Å². The predicted molar refractivity (Wildman–Crippen MR) is 80.8 cm³/mol. The molecule has 0 bridgehead atoms. The van der Waals surface area contributed by atoms with E-state index in [1.807, 2.05) is 0 Å². The van der Waals surface area contributed by atoms with Crippen molar-refractivity contribution >= 4 is 0 Å². The molecule has 108 valence electrons. The average molecular weight is 271 g/mol. The fraction of sp³-hybridized carbons (Fsp3) is 0.667. The van der Waals surface area contributed by atoms with E-state index in [0.29, 0.717) is 6.04 Å². The molecule has 1 aliphatic carbocycles. The van der Waals surface area contributed by atoms with Gasteiger partial charge in [0.2, 0.25) is 0 Å². The van der Waals surface area contributed by atoms with Crippen LogP contribution in [-0.4, -0.2) is 29.1 Å². The van der Waals surface area contributed by atoms with E-state index in [0.717, 1.165) is 25.3 Å². The molecular weight excluding hydrogens is 246 g/mol. The zero-order valence-corrected chi connectivity index (χ0v) is 12.2. The van der Waals surface area contributed by atoms with Crippen LogP contribution in [0.1, 0.15) is 62.0 Å². The minimum Gasteiger partial charge on any atom is -0.385 e. The highest BCUT2D eigenvalue weighted by molar-refractivity contribution is 5.32. The first-order valence-electron chi connectivity index (χ1n) is 8.31. The Kier molecular flexibility index (Phi) is 3.12. The first kappa shape index (κ1) is 12.8. The Bertz CT molecular complexity index is 496. The molecule has 2 nitrogen and oxygen atoms in total. The van der Waals surface area contributed by atoms with Crippen molar-refractivity contribution in [2.24, 2.45) is 0 Å². The van der Waals surface area contributed by atoms with Gasteiger partial charge < -0.3 is 10.0 Å². The lowest BCUT2D eigenvalue weighted by atomic mass is 9.76. The Hall–Kier alpha value is -0.860. The van der Waals surface area contributed by atoms with Crippen LogP contribution in [0.5, 0.6) is 0 Å². The van der Waals surface area contributed by atoms with Crippen LogP contribution in [0.25, 0.3) is 0 Å². The second kappa shape index (κ2) is 4.85. The lowest BCUT2D eigenvalue weighted by molar-refractivity contribution is -0.0409. The first-order chi connectivity index (χ1) is 9.74. The van der Waals surface area contributed by atoms with Crippen molar-refractivity contribution in [1.29, 1.82) is 0 Å².